The summed E-state index contributed by atoms with van der Waals surface area (Å²) in [5.74, 6) is 1.40. The number of hydrogen-bond donors (Lipinski definition) is 1. The zero-order valence-electron chi connectivity index (χ0n) is 10.0. The summed E-state index contributed by atoms with van der Waals surface area (Å²) in [5, 5.41) is 3.41. The molecule has 1 atom stereocenters. The Morgan fingerprint density at radius 3 is 2.67 bits per heavy atom. The second-order valence-corrected chi connectivity index (χ2v) is 4.99. The van der Waals surface area contributed by atoms with E-state index in [0.29, 0.717) is 5.92 Å². The third-order valence-corrected chi connectivity index (χ3v) is 3.64. The molecule has 0 bridgehead atoms. The number of nitrogens with one attached hydrogen (secondary N) is 1. The van der Waals surface area contributed by atoms with Gasteiger partial charge in [-0.1, -0.05) is 39.0 Å². The first-order valence-electron chi connectivity index (χ1n) is 6.01. The Hall–Kier alpha value is -0.820. The van der Waals surface area contributed by atoms with Crippen molar-refractivity contribution in [2.24, 2.45) is 5.92 Å². The maximum atomic E-state index is 3.41. The normalized spacial score (nSPS) is 17.6. The Morgan fingerprint density at radius 2 is 1.93 bits per heavy atom. The summed E-state index contributed by atoms with van der Waals surface area (Å²) in [6.07, 6.45) is 1.19. The van der Waals surface area contributed by atoms with Crippen LogP contribution >= 0.6 is 0 Å². The first kappa shape index (κ1) is 10.7. The molecule has 1 heterocycles. The molecule has 15 heavy (non-hydrogen) atoms. The van der Waals surface area contributed by atoms with Crippen LogP contribution in [0.2, 0.25) is 0 Å². The van der Waals surface area contributed by atoms with Gasteiger partial charge in [-0.15, -0.1) is 0 Å². The molecule has 1 aliphatic rings. The van der Waals surface area contributed by atoms with E-state index in [0.717, 1.165) is 19.0 Å². The van der Waals surface area contributed by atoms with E-state index in [4.69, 9.17) is 0 Å². The smallest absolute Gasteiger partial charge is 0.0208 e. The van der Waals surface area contributed by atoms with Gasteiger partial charge in [0, 0.05) is 6.54 Å². The molecule has 0 saturated carbocycles. The van der Waals surface area contributed by atoms with Gasteiger partial charge >= 0.3 is 0 Å². The van der Waals surface area contributed by atoms with E-state index in [1.54, 1.807) is 5.56 Å². The molecule has 1 aliphatic heterocycles. The van der Waals surface area contributed by atoms with Gasteiger partial charge in [0.15, 0.2) is 0 Å². The SMILES string of the molecule is CC(C)C(C)c1ccc2c(c1)CCNC2. The van der Waals surface area contributed by atoms with Gasteiger partial charge in [-0.05, 0) is 41.5 Å². The molecular formula is C14H21N. The van der Waals surface area contributed by atoms with Gasteiger partial charge in [0.1, 0.15) is 0 Å². The van der Waals surface area contributed by atoms with Crippen molar-refractivity contribution in [1.82, 2.24) is 5.32 Å². The van der Waals surface area contributed by atoms with E-state index in [2.05, 4.69) is 44.3 Å². The zero-order chi connectivity index (χ0) is 10.8. The van der Waals surface area contributed by atoms with E-state index >= 15 is 0 Å². The van der Waals surface area contributed by atoms with Crippen LogP contribution in [-0.4, -0.2) is 6.54 Å². The molecule has 1 N–H and O–H groups in total. The lowest BCUT2D eigenvalue weighted by Gasteiger charge is -2.21. The summed E-state index contributed by atoms with van der Waals surface area (Å²) in [7, 11) is 0. The highest BCUT2D eigenvalue weighted by Gasteiger charge is 2.13. The molecule has 0 amide bonds. The minimum atomic E-state index is 0.671. The van der Waals surface area contributed by atoms with Gasteiger partial charge < -0.3 is 5.32 Å². The van der Waals surface area contributed by atoms with Crippen molar-refractivity contribution in [1.29, 1.82) is 0 Å². The van der Waals surface area contributed by atoms with Gasteiger partial charge in [0.2, 0.25) is 0 Å². The first-order valence-corrected chi connectivity index (χ1v) is 6.01. The van der Waals surface area contributed by atoms with Crippen LogP contribution < -0.4 is 5.32 Å². The fraction of sp³-hybridized carbons (Fsp3) is 0.571. The molecule has 0 aliphatic carbocycles. The third-order valence-electron chi connectivity index (χ3n) is 3.64. The second-order valence-electron chi connectivity index (χ2n) is 4.99. The molecule has 1 nitrogen and oxygen atoms in total. The van der Waals surface area contributed by atoms with Crippen molar-refractivity contribution in [2.45, 2.75) is 39.7 Å². The minimum Gasteiger partial charge on any atom is -0.312 e. The molecular weight excluding hydrogens is 182 g/mol. The number of rotatable bonds is 2. The highest BCUT2D eigenvalue weighted by Crippen LogP contribution is 2.26. The number of fused-ring (bicyclic) bond motifs is 1. The summed E-state index contributed by atoms with van der Waals surface area (Å²) < 4.78 is 0. The van der Waals surface area contributed by atoms with Crippen LogP contribution in [0.25, 0.3) is 0 Å². The van der Waals surface area contributed by atoms with Crippen LogP contribution in [0.3, 0.4) is 0 Å². The van der Waals surface area contributed by atoms with E-state index in [-0.39, 0.29) is 0 Å². The van der Waals surface area contributed by atoms with Crippen LogP contribution in [-0.2, 0) is 13.0 Å². The molecule has 0 spiro atoms. The van der Waals surface area contributed by atoms with Gasteiger partial charge in [-0.25, -0.2) is 0 Å². The maximum absolute atomic E-state index is 3.41. The standard InChI is InChI=1S/C14H21N/c1-10(2)11(3)12-4-5-14-9-15-7-6-13(14)8-12/h4-5,8,10-11,15H,6-7,9H2,1-3H3. The zero-order valence-corrected chi connectivity index (χ0v) is 10.0. The van der Waals surface area contributed by atoms with Gasteiger partial charge in [0.05, 0.1) is 0 Å². The topological polar surface area (TPSA) is 12.0 Å². The predicted octanol–water partition coefficient (Wildman–Crippen LogP) is 3.09. The fourth-order valence-corrected chi connectivity index (χ4v) is 2.17. The van der Waals surface area contributed by atoms with Gasteiger partial charge in [-0.3, -0.25) is 0 Å². The van der Waals surface area contributed by atoms with Crippen molar-refractivity contribution in [2.75, 3.05) is 6.54 Å². The molecule has 0 fully saturated rings. The molecule has 1 aromatic rings. The Bertz CT molecular complexity index is 341. The minimum absolute atomic E-state index is 0.671. The van der Waals surface area contributed by atoms with E-state index in [9.17, 15) is 0 Å². The van der Waals surface area contributed by atoms with Crippen LogP contribution in [0.15, 0.2) is 18.2 Å². The van der Waals surface area contributed by atoms with Crippen LogP contribution in [0, 0.1) is 5.92 Å². The number of hydrogen-bond acceptors (Lipinski definition) is 1. The van der Waals surface area contributed by atoms with Crippen molar-refractivity contribution in [3.05, 3.63) is 34.9 Å². The third kappa shape index (κ3) is 2.23. The maximum Gasteiger partial charge on any atom is 0.0208 e. The molecule has 1 aromatic carbocycles. The number of benzene rings is 1. The fourth-order valence-electron chi connectivity index (χ4n) is 2.17. The van der Waals surface area contributed by atoms with Crippen LogP contribution in [0.4, 0.5) is 0 Å². The molecule has 2 rings (SSSR count). The molecule has 0 saturated heterocycles. The Balaban J connectivity index is 2.27. The average Bonchev–Trinajstić information content (AvgIpc) is 2.27. The molecule has 0 aromatic heterocycles. The van der Waals surface area contributed by atoms with E-state index in [1.165, 1.54) is 17.5 Å². The van der Waals surface area contributed by atoms with E-state index in [1.807, 2.05) is 0 Å². The molecule has 1 heteroatoms. The van der Waals surface area contributed by atoms with Crippen LogP contribution in [0.1, 0.15) is 43.4 Å². The lowest BCUT2D eigenvalue weighted by atomic mass is 9.87. The van der Waals surface area contributed by atoms with Gasteiger partial charge in [-0.2, -0.15) is 0 Å². The molecule has 82 valence electrons. The summed E-state index contributed by atoms with van der Waals surface area (Å²) in [6, 6.07) is 7.02. The van der Waals surface area contributed by atoms with Crippen molar-refractivity contribution in [3.8, 4) is 0 Å². The summed E-state index contributed by atoms with van der Waals surface area (Å²) >= 11 is 0. The monoisotopic (exact) mass is 203 g/mol. The lowest BCUT2D eigenvalue weighted by Crippen LogP contribution is -2.23. The average molecular weight is 203 g/mol. The predicted molar refractivity (Wildman–Crippen MR) is 65.1 cm³/mol. The largest absolute Gasteiger partial charge is 0.312 e. The first-order chi connectivity index (χ1) is 7.18. The van der Waals surface area contributed by atoms with Crippen molar-refractivity contribution < 1.29 is 0 Å². The Labute approximate surface area is 92.9 Å². The molecule has 1 unspecified atom stereocenters. The quantitative estimate of drug-likeness (QED) is 0.779. The summed E-state index contributed by atoms with van der Waals surface area (Å²) in [6.45, 7) is 9.10. The highest BCUT2D eigenvalue weighted by molar-refractivity contribution is 5.35. The van der Waals surface area contributed by atoms with Gasteiger partial charge in [0.25, 0.3) is 0 Å². The Kier molecular flexibility index (Phi) is 3.11. The summed E-state index contributed by atoms with van der Waals surface area (Å²) in [4.78, 5) is 0. The van der Waals surface area contributed by atoms with Crippen molar-refractivity contribution in [3.63, 3.8) is 0 Å². The second kappa shape index (κ2) is 4.36. The Morgan fingerprint density at radius 1 is 1.13 bits per heavy atom. The van der Waals surface area contributed by atoms with E-state index < -0.39 is 0 Å². The molecule has 0 radical (unpaired) electrons. The van der Waals surface area contributed by atoms with Crippen molar-refractivity contribution >= 4 is 0 Å². The lowest BCUT2D eigenvalue weighted by molar-refractivity contribution is 0.533. The highest BCUT2D eigenvalue weighted by atomic mass is 14.9. The summed E-state index contributed by atoms with van der Waals surface area (Å²) in [5.41, 5.74) is 4.55. The van der Waals surface area contributed by atoms with Crippen LogP contribution in [0.5, 0.6) is 0 Å².